The maximum absolute atomic E-state index is 13.3. The largest absolute Gasteiger partial charge is 0.462 e. The van der Waals surface area contributed by atoms with Crippen LogP contribution in [0.15, 0.2) is 46.9 Å². The third kappa shape index (κ3) is 4.75. The molecule has 0 radical (unpaired) electrons. The minimum atomic E-state index is -0.436. The molecular weight excluding hydrogens is 488 g/mol. The molecule has 3 rings (SSSR count). The Bertz CT molecular complexity index is 872. The van der Waals surface area contributed by atoms with Gasteiger partial charge in [0.25, 0.3) is 5.91 Å². The highest BCUT2D eigenvalue weighted by atomic mass is 79.9. The van der Waals surface area contributed by atoms with Crippen molar-refractivity contribution in [2.24, 2.45) is 0 Å². The van der Waals surface area contributed by atoms with Gasteiger partial charge in [-0.3, -0.25) is 4.79 Å². The summed E-state index contributed by atoms with van der Waals surface area (Å²) in [4.78, 5) is 27.5. The number of rotatable bonds is 5. The Morgan fingerprint density at radius 3 is 2.82 bits per heavy atom. The van der Waals surface area contributed by atoms with Gasteiger partial charge in [-0.15, -0.1) is 0 Å². The first-order chi connectivity index (χ1) is 13.5. The Balaban J connectivity index is 1.88. The Labute approximate surface area is 181 Å². The van der Waals surface area contributed by atoms with Crippen LogP contribution < -0.4 is 10.2 Å². The van der Waals surface area contributed by atoms with Crippen molar-refractivity contribution in [1.29, 1.82) is 0 Å². The third-order valence-corrected chi connectivity index (χ3v) is 5.82. The van der Waals surface area contributed by atoms with Crippen molar-refractivity contribution in [1.82, 2.24) is 0 Å². The zero-order valence-corrected chi connectivity index (χ0v) is 18.8. The van der Waals surface area contributed by atoms with Gasteiger partial charge in [0.15, 0.2) is 0 Å². The van der Waals surface area contributed by atoms with Gasteiger partial charge < -0.3 is 15.0 Å². The Hall–Kier alpha value is -1.86. The lowest BCUT2D eigenvalue weighted by atomic mass is 10.1. The molecule has 148 valence electrons. The number of anilines is 2. The van der Waals surface area contributed by atoms with Crippen molar-refractivity contribution in [3.8, 4) is 0 Å². The maximum atomic E-state index is 13.3. The maximum Gasteiger partial charge on any atom is 0.339 e. The second kappa shape index (κ2) is 9.56. The highest BCUT2D eigenvalue weighted by molar-refractivity contribution is 9.10. The summed E-state index contributed by atoms with van der Waals surface area (Å²) < 4.78 is 5.90. The molecule has 1 heterocycles. The molecule has 1 aliphatic heterocycles. The summed E-state index contributed by atoms with van der Waals surface area (Å²) in [5.41, 5.74) is 2.60. The molecule has 0 unspecified atom stereocenters. The predicted molar refractivity (Wildman–Crippen MR) is 119 cm³/mol. The number of ether oxygens (including phenoxy) is 1. The number of hydrogen-bond donors (Lipinski definition) is 1. The highest BCUT2D eigenvalue weighted by Crippen LogP contribution is 2.31. The number of para-hydroxylation sites is 2. The summed E-state index contributed by atoms with van der Waals surface area (Å²) >= 11 is 6.70. The first kappa shape index (κ1) is 20.9. The van der Waals surface area contributed by atoms with E-state index in [0.717, 1.165) is 29.5 Å². The van der Waals surface area contributed by atoms with E-state index >= 15 is 0 Å². The molecule has 0 fully saturated rings. The van der Waals surface area contributed by atoms with Crippen LogP contribution in [0.5, 0.6) is 0 Å². The van der Waals surface area contributed by atoms with Crippen LogP contribution in [0.25, 0.3) is 0 Å². The van der Waals surface area contributed by atoms with Gasteiger partial charge in [-0.05, 0) is 66.0 Å². The SMILES string of the molecule is C[C@H]1CCN(C(=O)c2ccc(Br)c(C(=O)OCCCBr)c2)c2ccccc2N1. The van der Waals surface area contributed by atoms with Crippen LogP contribution in [0.4, 0.5) is 11.4 Å². The number of halogens is 2. The average molecular weight is 510 g/mol. The molecule has 0 bridgehead atoms. The molecule has 0 saturated carbocycles. The third-order valence-electron chi connectivity index (χ3n) is 4.57. The summed E-state index contributed by atoms with van der Waals surface area (Å²) in [6, 6.07) is 13.1. The van der Waals surface area contributed by atoms with E-state index in [0.29, 0.717) is 28.8 Å². The summed E-state index contributed by atoms with van der Waals surface area (Å²) in [5, 5.41) is 4.21. The molecular formula is C21H22Br2N2O3. The number of carbonyl (C=O) groups is 2. The Kier molecular flexibility index (Phi) is 7.13. The van der Waals surface area contributed by atoms with E-state index in [-0.39, 0.29) is 11.9 Å². The van der Waals surface area contributed by atoms with Gasteiger partial charge in [-0.1, -0.05) is 28.1 Å². The van der Waals surface area contributed by atoms with E-state index in [9.17, 15) is 9.59 Å². The zero-order chi connectivity index (χ0) is 20.1. The minimum Gasteiger partial charge on any atom is -0.462 e. The minimum absolute atomic E-state index is 0.134. The van der Waals surface area contributed by atoms with Crippen LogP contribution in [0, 0.1) is 0 Å². The molecule has 28 heavy (non-hydrogen) atoms. The van der Waals surface area contributed by atoms with Crippen molar-refractivity contribution in [3.05, 3.63) is 58.1 Å². The molecule has 1 aliphatic rings. The lowest BCUT2D eigenvalue weighted by molar-refractivity contribution is 0.0505. The molecule has 0 saturated heterocycles. The molecule has 2 aromatic rings. The Morgan fingerprint density at radius 1 is 1.25 bits per heavy atom. The number of nitrogens with one attached hydrogen (secondary N) is 1. The molecule has 0 spiro atoms. The van der Waals surface area contributed by atoms with E-state index in [1.165, 1.54) is 0 Å². The molecule has 2 aromatic carbocycles. The number of hydrogen-bond acceptors (Lipinski definition) is 4. The standard InChI is InChI=1S/C21H22Br2N2O3/c1-14-9-11-25(19-6-3-2-5-18(19)24-14)20(26)15-7-8-17(23)16(13-15)21(27)28-12-4-10-22/h2-3,5-8,13-14,24H,4,9-12H2,1H3/t14-/m0/s1. The summed E-state index contributed by atoms with van der Waals surface area (Å²) in [5.74, 6) is -0.570. The van der Waals surface area contributed by atoms with E-state index in [2.05, 4.69) is 44.1 Å². The normalized spacial score (nSPS) is 16.0. The highest BCUT2D eigenvalue weighted by Gasteiger charge is 2.25. The predicted octanol–water partition coefficient (Wildman–Crippen LogP) is 5.24. The van der Waals surface area contributed by atoms with Gasteiger partial charge in [0.05, 0.1) is 23.5 Å². The molecule has 0 aliphatic carbocycles. The van der Waals surface area contributed by atoms with Gasteiger partial charge in [0.2, 0.25) is 0 Å². The molecule has 1 atom stereocenters. The first-order valence-corrected chi connectivity index (χ1v) is 11.1. The van der Waals surface area contributed by atoms with Crippen LogP contribution in [0.1, 0.15) is 40.5 Å². The Morgan fingerprint density at radius 2 is 2.04 bits per heavy atom. The van der Waals surface area contributed by atoms with Crippen LogP contribution in [-0.2, 0) is 4.74 Å². The number of amides is 1. The van der Waals surface area contributed by atoms with Gasteiger partial charge in [0, 0.05) is 28.0 Å². The molecule has 5 nitrogen and oxygen atoms in total. The average Bonchev–Trinajstić information content (AvgIpc) is 2.86. The summed E-state index contributed by atoms with van der Waals surface area (Å²) in [6.45, 7) is 3.04. The summed E-state index contributed by atoms with van der Waals surface area (Å²) in [7, 11) is 0. The molecule has 1 N–H and O–H groups in total. The van der Waals surface area contributed by atoms with Crippen molar-refractivity contribution < 1.29 is 14.3 Å². The number of carbonyl (C=O) groups excluding carboxylic acids is 2. The van der Waals surface area contributed by atoms with Crippen molar-refractivity contribution >= 4 is 55.1 Å². The number of esters is 1. The lowest BCUT2D eigenvalue weighted by Crippen LogP contribution is -2.32. The monoisotopic (exact) mass is 508 g/mol. The van der Waals surface area contributed by atoms with E-state index < -0.39 is 5.97 Å². The molecule has 0 aromatic heterocycles. The lowest BCUT2D eigenvalue weighted by Gasteiger charge is -2.22. The second-order valence-corrected chi connectivity index (χ2v) is 8.33. The second-order valence-electron chi connectivity index (χ2n) is 6.68. The van der Waals surface area contributed by atoms with E-state index in [1.807, 2.05) is 24.3 Å². The fourth-order valence-corrected chi connectivity index (χ4v) is 3.73. The van der Waals surface area contributed by atoms with Crippen molar-refractivity contribution in [2.75, 3.05) is 28.7 Å². The summed E-state index contributed by atoms with van der Waals surface area (Å²) in [6.07, 6.45) is 1.57. The van der Waals surface area contributed by atoms with Gasteiger partial charge in [-0.2, -0.15) is 0 Å². The van der Waals surface area contributed by atoms with Gasteiger partial charge in [0.1, 0.15) is 0 Å². The van der Waals surface area contributed by atoms with Gasteiger partial charge >= 0.3 is 5.97 Å². The topological polar surface area (TPSA) is 58.6 Å². The number of benzene rings is 2. The van der Waals surface area contributed by atoms with Crippen molar-refractivity contribution in [2.45, 2.75) is 25.8 Å². The fourth-order valence-electron chi connectivity index (χ4n) is 3.09. The van der Waals surface area contributed by atoms with E-state index in [4.69, 9.17) is 4.74 Å². The fraction of sp³-hybridized carbons (Fsp3) is 0.333. The van der Waals surface area contributed by atoms with Crippen LogP contribution in [0.3, 0.4) is 0 Å². The quantitative estimate of drug-likeness (QED) is 0.340. The number of nitrogens with zero attached hydrogens (tertiary/aromatic N) is 1. The van der Waals surface area contributed by atoms with Crippen molar-refractivity contribution in [3.63, 3.8) is 0 Å². The molecule has 1 amide bonds. The first-order valence-electron chi connectivity index (χ1n) is 9.21. The number of fused-ring (bicyclic) bond motifs is 1. The van der Waals surface area contributed by atoms with Crippen LogP contribution in [0.2, 0.25) is 0 Å². The molecule has 7 heteroatoms. The van der Waals surface area contributed by atoms with Crippen LogP contribution >= 0.6 is 31.9 Å². The zero-order valence-electron chi connectivity index (χ0n) is 15.6. The van der Waals surface area contributed by atoms with E-state index in [1.54, 1.807) is 23.1 Å². The smallest absolute Gasteiger partial charge is 0.339 e. The van der Waals surface area contributed by atoms with Crippen LogP contribution in [-0.4, -0.2) is 36.4 Å². The van der Waals surface area contributed by atoms with Gasteiger partial charge in [-0.25, -0.2) is 4.79 Å². The number of alkyl halides is 1.